The standard InChI is InChI=1S/C18H16BrN3O2S/c1-2-9-22-17(23)16(11-13-5-7-14(19)8-6-13)25-18(22)21-20-12-15-4-3-10-24-15/h2-8,10,12,16H,1,9,11H2/b20-12-,21-18+/t16-/m1/s1. The summed E-state index contributed by atoms with van der Waals surface area (Å²) in [5.41, 5.74) is 1.10. The van der Waals surface area contributed by atoms with E-state index in [0.29, 0.717) is 23.9 Å². The van der Waals surface area contributed by atoms with E-state index in [1.807, 2.05) is 24.3 Å². The third-order valence-electron chi connectivity index (χ3n) is 3.54. The van der Waals surface area contributed by atoms with Crippen LogP contribution in [0.3, 0.4) is 0 Å². The molecule has 0 unspecified atom stereocenters. The molecule has 128 valence electrons. The molecular weight excluding hydrogens is 402 g/mol. The molecule has 1 aliphatic heterocycles. The molecule has 0 bridgehead atoms. The van der Waals surface area contributed by atoms with Gasteiger partial charge in [-0.05, 0) is 36.2 Å². The molecule has 2 aromatic rings. The lowest BCUT2D eigenvalue weighted by atomic mass is 10.1. The summed E-state index contributed by atoms with van der Waals surface area (Å²) in [5.74, 6) is 0.639. The first-order valence-corrected chi connectivity index (χ1v) is 9.32. The van der Waals surface area contributed by atoms with Crippen molar-refractivity contribution in [1.29, 1.82) is 0 Å². The number of thioether (sulfide) groups is 1. The second-order valence-electron chi connectivity index (χ2n) is 5.32. The molecule has 1 aromatic carbocycles. The van der Waals surface area contributed by atoms with Crippen LogP contribution in [0.1, 0.15) is 11.3 Å². The van der Waals surface area contributed by atoms with E-state index in [2.05, 4.69) is 32.7 Å². The molecule has 1 amide bonds. The topological polar surface area (TPSA) is 58.2 Å². The third kappa shape index (κ3) is 4.49. The van der Waals surface area contributed by atoms with Gasteiger partial charge in [0.2, 0.25) is 5.91 Å². The normalized spacial score (nSPS) is 19.2. The van der Waals surface area contributed by atoms with Crippen LogP contribution in [-0.4, -0.2) is 34.0 Å². The van der Waals surface area contributed by atoms with Crippen LogP contribution in [0.5, 0.6) is 0 Å². The largest absolute Gasteiger partial charge is 0.463 e. The molecule has 25 heavy (non-hydrogen) atoms. The average Bonchev–Trinajstić information content (AvgIpc) is 3.21. The maximum absolute atomic E-state index is 12.7. The third-order valence-corrected chi connectivity index (χ3v) is 5.23. The lowest BCUT2D eigenvalue weighted by Gasteiger charge is -2.12. The number of rotatable bonds is 6. The summed E-state index contributed by atoms with van der Waals surface area (Å²) in [4.78, 5) is 14.3. The van der Waals surface area contributed by atoms with Crippen molar-refractivity contribution in [3.63, 3.8) is 0 Å². The van der Waals surface area contributed by atoms with Gasteiger partial charge in [0.1, 0.15) is 5.76 Å². The molecule has 3 rings (SSSR count). The fourth-order valence-corrected chi connectivity index (χ4v) is 3.76. The first kappa shape index (κ1) is 17.7. The van der Waals surface area contributed by atoms with Crippen molar-refractivity contribution in [2.45, 2.75) is 11.7 Å². The van der Waals surface area contributed by atoms with E-state index in [9.17, 15) is 4.79 Å². The zero-order valence-corrected chi connectivity index (χ0v) is 15.7. The molecule has 0 aliphatic carbocycles. The number of nitrogens with zero attached hydrogens (tertiary/aromatic N) is 3. The molecule has 0 saturated carbocycles. The lowest BCUT2D eigenvalue weighted by molar-refractivity contribution is -0.125. The highest BCUT2D eigenvalue weighted by Crippen LogP contribution is 2.30. The second kappa shape index (κ2) is 8.31. The van der Waals surface area contributed by atoms with Gasteiger partial charge in [0, 0.05) is 11.0 Å². The Hall–Kier alpha value is -2.12. The summed E-state index contributed by atoms with van der Waals surface area (Å²) in [6, 6.07) is 11.5. The van der Waals surface area contributed by atoms with Gasteiger partial charge in [-0.25, -0.2) is 0 Å². The number of amides is 1. The van der Waals surface area contributed by atoms with Gasteiger partial charge in [-0.15, -0.1) is 11.7 Å². The van der Waals surface area contributed by atoms with Crippen molar-refractivity contribution < 1.29 is 9.21 Å². The zero-order valence-electron chi connectivity index (χ0n) is 13.3. The van der Waals surface area contributed by atoms with Gasteiger partial charge in [-0.2, -0.15) is 5.10 Å². The van der Waals surface area contributed by atoms with Crippen molar-refractivity contribution in [2.75, 3.05) is 6.54 Å². The summed E-state index contributed by atoms with van der Waals surface area (Å²) in [7, 11) is 0. The van der Waals surface area contributed by atoms with Crippen LogP contribution in [0.4, 0.5) is 0 Å². The first-order valence-electron chi connectivity index (χ1n) is 7.65. The number of carbonyl (C=O) groups is 1. The smallest absolute Gasteiger partial charge is 0.242 e. The fourth-order valence-electron chi connectivity index (χ4n) is 2.35. The number of halogens is 1. The van der Waals surface area contributed by atoms with Crippen molar-refractivity contribution in [1.82, 2.24) is 4.90 Å². The van der Waals surface area contributed by atoms with E-state index < -0.39 is 0 Å². The van der Waals surface area contributed by atoms with Crippen LogP contribution in [0.15, 0.2) is 74.4 Å². The van der Waals surface area contributed by atoms with E-state index in [1.54, 1.807) is 29.4 Å². The molecule has 1 fully saturated rings. The number of furan rings is 1. The highest BCUT2D eigenvalue weighted by atomic mass is 79.9. The molecule has 5 nitrogen and oxygen atoms in total. The molecule has 2 heterocycles. The number of hydrogen-bond donors (Lipinski definition) is 0. The maximum Gasteiger partial charge on any atom is 0.242 e. The molecule has 1 aliphatic rings. The molecule has 7 heteroatoms. The lowest BCUT2D eigenvalue weighted by Crippen LogP contribution is -2.32. The van der Waals surface area contributed by atoms with Gasteiger partial charge >= 0.3 is 0 Å². The minimum Gasteiger partial charge on any atom is -0.463 e. The Morgan fingerprint density at radius 1 is 1.32 bits per heavy atom. The number of amidine groups is 1. The minimum atomic E-state index is -0.210. The molecule has 0 radical (unpaired) electrons. The van der Waals surface area contributed by atoms with Gasteiger partial charge < -0.3 is 4.42 Å². The summed E-state index contributed by atoms with van der Waals surface area (Å²) < 4.78 is 6.20. The summed E-state index contributed by atoms with van der Waals surface area (Å²) in [6.07, 6.45) is 5.42. The Morgan fingerprint density at radius 3 is 2.80 bits per heavy atom. The van der Waals surface area contributed by atoms with E-state index >= 15 is 0 Å². The van der Waals surface area contributed by atoms with E-state index in [-0.39, 0.29) is 11.2 Å². The molecule has 1 saturated heterocycles. The summed E-state index contributed by atoms with van der Waals surface area (Å²) >= 11 is 4.85. The van der Waals surface area contributed by atoms with Crippen LogP contribution in [0, 0.1) is 0 Å². The summed E-state index contributed by atoms with van der Waals surface area (Å²) in [5, 5.41) is 8.59. The van der Waals surface area contributed by atoms with Crippen LogP contribution in [0.2, 0.25) is 0 Å². The minimum absolute atomic E-state index is 0.0276. The Kier molecular flexibility index (Phi) is 5.88. The average molecular weight is 418 g/mol. The van der Waals surface area contributed by atoms with Gasteiger partial charge in [0.25, 0.3) is 0 Å². The van der Waals surface area contributed by atoms with Crippen molar-refractivity contribution in [3.05, 3.63) is 71.1 Å². The Labute approximate surface area is 158 Å². The van der Waals surface area contributed by atoms with Crippen molar-refractivity contribution >= 4 is 45.0 Å². The number of benzene rings is 1. The van der Waals surface area contributed by atoms with Crippen molar-refractivity contribution in [3.8, 4) is 0 Å². The van der Waals surface area contributed by atoms with Gasteiger partial charge in [-0.1, -0.05) is 45.9 Å². The van der Waals surface area contributed by atoms with Gasteiger partial charge in [-0.3, -0.25) is 9.69 Å². The zero-order chi connectivity index (χ0) is 17.6. The molecular formula is C18H16BrN3O2S. The van der Waals surface area contributed by atoms with E-state index in [1.165, 1.54) is 18.0 Å². The number of carbonyl (C=O) groups excluding carboxylic acids is 1. The van der Waals surface area contributed by atoms with Crippen LogP contribution in [0.25, 0.3) is 0 Å². The second-order valence-corrected chi connectivity index (χ2v) is 7.40. The quantitative estimate of drug-likeness (QED) is 0.403. The Bertz CT molecular complexity index is 800. The van der Waals surface area contributed by atoms with Gasteiger partial charge in [0.15, 0.2) is 5.17 Å². The van der Waals surface area contributed by atoms with Crippen LogP contribution >= 0.6 is 27.7 Å². The Balaban J connectivity index is 1.74. The predicted octanol–water partition coefficient (Wildman–Crippen LogP) is 4.10. The van der Waals surface area contributed by atoms with Crippen molar-refractivity contribution in [2.24, 2.45) is 10.2 Å². The predicted molar refractivity (Wildman–Crippen MR) is 105 cm³/mol. The fraction of sp³-hybridized carbons (Fsp3) is 0.167. The van der Waals surface area contributed by atoms with E-state index in [4.69, 9.17) is 4.42 Å². The van der Waals surface area contributed by atoms with Crippen LogP contribution < -0.4 is 0 Å². The highest BCUT2D eigenvalue weighted by molar-refractivity contribution is 9.10. The Morgan fingerprint density at radius 2 is 2.12 bits per heavy atom. The SMILES string of the molecule is C=CCN1C(=O)[C@@H](Cc2ccc(Br)cc2)S/C1=N/N=C\c1ccco1. The summed E-state index contributed by atoms with van der Waals surface area (Å²) in [6.45, 7) is 4.13. The number of hydrogen-bond acceptors (Lipinski definition) is 5. The molecule has 0 N–H and O–H groups in total. The van der Waals surface area contributed by atoms with Gasteiger partial charge in [0.05, 0.1) is 17.7 Å². The monoisotopic (exact) mass is 417 g/mol. The van der Waals surface area contributed by atoms with Crippen LogP contribution in [-0.2, 0) is 11.2 Å². The highest BCUT2D eigenvalue weighted by Gasteiger charge is 2.37. The first-order chi connectivity index (χ1) is 12.2. The van der Waals surface area contributed by atoms with E-state index in [0.717, 1.165) is 10.0 Å². The molecule has 0 spiro atoms. The molecule has 1 aromatic heterocycles. The molecule has 1 atom stereocenters. The maximum atomic E-state index is 12.7.